The molecule has 0 aliphatic rings. The monoisotopic (exact) mass is 558 g/mol. The molecule has 12 heteroatoms. The van der Waals surface area contributed by atoms with Gasteiger partial charge < -0.3 is 0 Å². The second kappa shape index (κ2) is 12.4. The number of amides is 4. The lowest BCUT2D eigenvalue weighted by atomic mass is 10.1. The van der Waals surface area contributed by atoms with Crippen LogP contribution in [0.25, 0.3) is 22.8 Å². The van der Waals surface area contributed by atoms with E-state index in [-0.39, 0.29) is 22.5 Å². The van der Waals surface area contributed by atoms with Crippen molar-refractivity contribution in [1.82, 2.24) is 35.8 Å². The number of rotatable bonds is 6. The largest absolute Gasteiger partial charge is 0.298 e. The van der Waals surface area contributed by atoms with Crippen LogP contribution in [-0.4, -0.2) is 48.6 Å². The fraction of sp³-hybridized carbons (Fsp3) is 0. The maximum Gasteiger partial charge on any atom is 0.298 e. The Morgan fingerprint density at radius 2 is 1.05 bits per heavy atom. The van der Waals surface area contributed by atoms with Crippen LogP contribution in [0.15, 0.2) is 109 Å². The number of hydrazine groups is 2. The van der Waals surface area contributed by atoms with E-state index in [1.807, 2.05) is 5.43 Å². The number of nitrogen functional groups attached to an aromatic ring is 1. The summed E-state index contributed by atoms with van der Waals surface area (Å²) < 4.78 is 0. The number of carbonyl (C=O) groups excluding carboxylic acids is 4. The van der Waals surface area contributed by atoms with E-state index in [1.165, 1.54) is 36.4 Å². The zero-order valence-corrected chi connectivity index (χ0v) is 21.8. The van der Waals surface area contributed by atoms with Gasteiger partial charge in [-0.25, -0.2) is 15.8 Å². The lowest BCUT2D eigenvalue weighted by molar-refractivity contribution is 0.0477. The summed E-state index contributed by atoms with van der Waals surface area (Å²) in [4.78, 5) is 70.1. The SMILES string of the molecule is NNC(=O)c1cccc(C(=O)NN(C(=O)c2cccc(-c3ccccn3)n2)C(=O)c2cccc(-c3ccccn3)n2)c1. The molecule has 4 amide bonds. The predicted molar refractivity (Wildman–Crippen MR) is 151 cm³/mol. The molecule has 1 aromatic carbocycles. The number of aromatic nitrogens is 4. The van der Waals surface area contributed by atoms with Crippen molar-refractivity contribution in [3.63, 3.8) is 0 Å². The van der Waals surface area contributed by atoms with Crippen molar-refractivity contribution in [2.45, 2.75) is 0 Å². The van der Waals surface area contributed by atoms with Crippen molar-refractivity contribution >= 4 is 23.6 Å². The van der Waals surface area contributed by atoms with E-state index in [2.05, 4.69) is 25.4 Å². The van der Waals surface area contributed by atoms with E-state index in [9.17, 15) is 19.2 Å². The lowest BCUT2D eigenvalue weighted by Crippen LogP contribution is -2.50. The number of carbonyl (C=O) groups is 4. The van der Waals surface area contributed by atoms with Gasteiger partial charge in [0.1, 0.15) is 11.4 Å². The Bertz CT molecular complexity index is 1690. The normalized spacial score (nSPS) is 10.4. The molecule has 4 heterocycles. The fourth-order valence-electron chi connectivity index (χ4n) is 3.90. The molecule has 4 N–H and O–H groups in total. The summed E-state index contributed by atoms with van der Waals surface area (Å²) >= 11 is 0. The van der Waals surface area contributed by atoms with Crippen LogP contribution < -0.4 is 16.7 Å². The number of nitrogens with one attached hydrogen (secondary N) is 2. The van der Waals surface area contributed by atoms with Crippen molar-refractivity contribution in [3.05, 3.63) is 132 Å². The highest BCUT2D eigenvalue weighted by atomic mass is 16.2. The van der Waals surface area contributed by atoms with Gasteiger partial charge in [-0.3, -0.25) is 40.0 Å². The van der Waals surface area contributed by atoms with Gasteiger partial charge in [-0.15, -0.1) is 0 Å². The maximum atomic E-state index is 13.8. The number of pyridine rings is 4. The maximum absolute atomic E-state index is 13.8. The topological polar surface area (TPSA) is 173 Å². The van der Waals surface area contributed by atoms with Gasteiger partial charge in [-0.1, -0.05) is 30.3 Å². The first-order chi connectivity index (χ1) is 20.4. The standard InChI is InChI=1S/C30H22N8O4/c31-36-27(39)19-8-5-9-20(18-19)28(40)37-38(29(41)25-14-6-12-23(34-25)21-10-1-3-16-32-21)30(42)26-15-7-13-24(35-26)22-11-2-4-17-33-22/h1-18H,31H2,(H,36,39)(H,37,40). The van der Waals surface area contributed by atoms with Crippen molar-refractivity contribution < 1.29 is 19.2 Å². The second-order valence-electron chi connectivity index (χ2n) is 8.69. The minimum Gasteiger partial charge on any atom is -0.290 e. The number of hydrogen-bond acceptors (Lipinski definition) is 9. The number of imide groups is 1. The molecule has 0 bridgehead atoms. The van der Waals surface area contributed by atoms with Crippen molar-refractivity contribution in [2.24, 2.45) is 5.84 Å². The van der Waals surface area contributed by atoms with Gasteiger partial charge in [0, 0.05) is 23.5 Å². The zero-order valence-electron chi connectivity index (χ0n) is 21.8. The van der Waals surface area contributed by atoms with Crippen molar-refractivity contribution in [3.8, 4) is 22.8 Å². The minimum atomic E-state index is -0.924. The van der Waals surface area contributed by atoms with E-state index < -0.39 is 23.6 Å². The third-order valence-electron chi connectivity index (χ3n) is 5.93. The third-order valence-corrected chi connectivity index (χ3v) is 5.93. The highest BCUT2D eigenvalue weighted by Crippen LogP contribution is 2.18. The Hall–Kier alpha value is -6.14. The number of hydrogen-bond donors (Lipinski definition) is 3. The molecule has 0 atom stereocenters. The molecule has 206 valence electrons. The molecule has 5 aromatic rings. The molecular formula is C30H22N8O4. The van der Waals surface area contributed by atoms with Gasteiger partial charge in [0.15, 0.2) is 0 Å². The Kier molecular flexibility index (Phi) is 8.07. The van der Waals surface area contributed by atoms with Crippen LogP contribution in [0.1, 0.15) is 41.7 Å². The second-order valence-corrected chi connectivity index (χ2v) is 8.69. The zero-order chi connectivity index (χ0) is 29.5. The number of benzene rings is 1. The van der Waals surface area contributed by atoms with Crippen LogP contribution in [0.2, 0.25) is 0 Å². The van der Waals surface area contributed by atoms with Gasteiger partial charge >= 0.3 is 0 Å². The van der Waals surface area contributed by atoms with Crippen LogP contribution >= 0.6 is 0 Å². The molecule has 0 saturated heterocycles. The Morgan fingerprint density at radius 3 is 1.52 bits per heavy atom. The summed E-state index contributed by atoms with van der Waals surface area (Å²) in [5, 5.41) is 0.535. The molecule has 0 aliphatic heterocycles. The molecule has 0 aliphatic carbocycles. The molecule has 5 rings (SSSR count). The van der Waals surface area contributed by atoms with Crippen LogP contribution in [-0.2, 0) is 0 Å². The Morgan fingerprint density at radius 1 is 0.571 bits per heavy atom. The predicted octanol–water partition coefficient (Wildman–Crippen LogP) is 2.83. The van der Waals surface area contributed by atoms with E-state index in [4.69, 9.17) is 5.84 Å². The van der Waals surface area contributed by atoms with Gasteiger partial charge in [-0.2, -0.15) is 5.01 Å². The minimum absolute atomic E-state index is 0.00732. The summed E-state index contributed by atoms with van der Waals surface area (Å²) in [5.74, 6) is 1.89. The van der Waals surface area contributed by atoms with Gasteiger partial charge in [0.2, 0.25) is 0 Å². The molecule has 0 radical (unpaired) electrons. The molecule has 4 aromatic heterocycles. The number of nitrogens with two attached hydrogens (primary N) is 1. The summed E-state index contributed by atoms with van der Waals surface area (Å²) in [6.45, 7) is 0. The molecule has 12 nitrogen and oxygen atoms in total. The smallest absolute Gasteiger partial charge is 0.290 e. The van der Waals surface area contributed by atoms with Crippen LogP contribution in [0.3, 0.4) is 0 Å². The summed E-state index contributed by atoms with van der Waals surface area (Å²) in [5.41, 5.74) is 5.95. The highest BCUT2D eigenvalue weighted by molar-refractivity contribution is 6.11. The first-order valence-corrected chi connectivity index (χ1v) is 12.5. The van der Waals surface area contributed by atoms with Gasteiger partial charge in [0.05, 0.1) is 22.8 Å². The summed E-state index contributed by atoms with van der Waals surface area (Å²) in [6, 6.07) is 25.4. The lowest BCUT2D eigenvalue weighted by Gasteiger charge is -2.21. The number of nitrogens with zero attached hydrogens (tertiary/aromatic N) is 5. The molecule has 0 spiro atoms. The van der Waals surface area contributed by atoms with E-state index in [0.29, 0.717) is 27.8 Å². The molecule has 0 saturated carbocycles. The van der Waals surface area contributed by atoms with Crippen LogP contribution in [0.5, 0.6) is 0 Å². The molecule has 42 heavy (non-hydrogen) atoms. The fourth-order valence-corrected chi connectivity index (χ4v) is 3.90. The van der Waals surface area contributed by atoms with E-state index >= 15 is 0 Å². The summed E-state index contributed by atoms with van der Waals surface area (Å²) in [6.07, 6.45) is 3.17. The Balaban J connectivity index is 1.52. The first-order valence-electron chi connectivity index (χ1n) is 12.5. The average molecular weight is 559 g/mol. The van der Waals surface area contributed by atoms with Gasteiger partial charge in [-0.05, 0) is 66.7 Å². The first kappa shape index (κ1) is 27.4. The van der Waals surface area contributed by atoms with E-state index in [0.717, 1.165) is 0 Å². The van der Waals surface area contributed by atoms with Crippen LogP contribution in [0.4, 0.5) is 0 Å². The molecular weight excluding hydrogens is 536 g/mol. The average Bonchev–Trinajstić information content (AvgIpc) is 3.07. The van der Waals surface area contributed by atoms with Crippen molar-refractivity contribution in [1.29, 1.82) is 0 Å². The molecule has 0 unspecified atom stereocenters. The van der Waals surface area contributed by atoms with Gasteiger partial charge in [0.25, 0.3) is 23.6 Å². The van der Waals surface area contributed by atoms with Crippen molar-refractivity contribution in [2.75, 3.05) is 0 Å². The Labute approximate surface area is 239 Å². The summed E-state index contributed by atoms with van der Waals surface area (Å²) in [7, 11) is 0. The van der Waals surface area contributed by atoms with E-state index in [1.54, 1.807) is 73.1 Å². The molecule has 0 fully saturated rings. The van der Waals surface area contributed by atoms with Crippen LogP contribution in [0, 0.1) is 0 Å². The quantitative estimate of drug-likeness (QED) is 0.123. The third kappa shape index (κ3) is 6.03. The highest BCUT2D eigenvalue weighted by Gasteiger charge is 2.29.